The summed E-state index contributed by atoms with van der Waals surface area (Å²) < 4.78 is 0. The quantitative estimate of drug-likeness (QED) is 0.734. The number of benzene rings is 1. The molecule has 2 N–H and O–H groups in total. The summed E-state index contributed by atoms with van der Waals surface area (Å²) >= 11 is 0. The second kappa shape index (κ2) is 4.03. The van der Waals surface area contributed by atoms with Crippen molar-refractivity contribution >= 4 is 5.69 Å². The van der Waals surface area contributed by atoms with Crippen LogP contribution in [0, 0.1) is 18.3 Å². The van der Waals surface area contributed by atoms with Crippen LogP contribution in [0.5, 0.6) is 0 Å². The molecule has 1 heterocycles. The first-order valence-electron chi connectivity index (χ1n) is 4.92. The summed E-state index contributed by atoms with van der Waals surface area (Å²) in [4.78, 5) is 4.04. The molecule has 0 unspecified atom stereocenters. The van der Waals surface area contributed by atoms with E-state index < -0.39 is 0 Å². The summed E-state index contributed by atoms with van der Waals surface area (Å²) in [5.41, 5.74) is 10.1. The Labute approximate surface area is 94.2 Å². The molecule has 0 radical (unpaired) electrons. The van der Waals surface area contributed by atoms with Crippen LogP contribution in [-0.4, -0.2) is 4.98 Å². The van der Waals surface area contributed by atoms with Gasteiger partial charge >= 0.3 is 0 Å². The van der Waals surface area contributed by atoms with Crippen LogP contribution in [0.1, 0.15) is 11.1 Å². The van der Waals surface area contributed by atoms with E-state index in [9.17, 15) is 0 Å². The standard InChI is InChI=1S/C13H11N3/c1-9-4-12(15)2-3-13(9)11-5-10(6-14)7-16-8-11/h2-5,7-8H,15H2,1H3. The number of anilines is 1. The average Bonchev–Trinajstić information content (AvgIpc) is 2.29. The highest BCUT2D eigenvalue weighted by molar-refractivity contribution is 5.69. The molecule has 0 spiro atoms. The van der Waals surface area contributed by atoms with Crippen molar-refractivity contribution in [1.29, 1.82) is 5.26 Å². The van der Waals surface area contributed by atoms with Crippen molar-refractivity contribution in [2.24, 2.45) is 0 Å². The number of hydrogen-bond donors (Lipinski definition) is 1. The van der Waals surface area contributed by atoms with Gasteiger partial charge in [0.25, 0.3) is 0 Å². The van der Waals surface area contributed by atoms with Gasteiger partial charge in [0, 0.05) is 23.6 Å². The summed E-state index contributed by atoms with van der Waals surface area (Å²) in [6.07, 6.45) is 3.30. The maximum absolute atomic E-state index is 8.81. The third-order valence-electron chi connectivity index (χ3n) is 2.43. The number of nitrogen functional groups attached to an aromatic ring is 1. The first-order valence-corrected chi connectivity index (χ1v) is 4.92. The molecular formula is C13H11N3. The SMILES string of the molecule is Cc1cc(N)ccc1-c1cncc(C#N)c1. The third kappa shape index (κ3) is 1.86. The predicted octanol–water partition coefficient (Wildman–Crippen LogP) is 2.51. The van der Waals surface area contributed by atoms with Gasteiger partial charge in [-0.05, 0) is 36.2 Å². The Bertz CT molecular complexity index is 568. The fourth-order valence-corrected chi connectivity index (χ4v) is 1.66. The van der Waals surface area contributed by atoms with Gasteiger partial charge in [-0.1, -0.05) is 6.07 Å². The molecular weight excluding hydrogens is 198 g/mol. The van der Waals surface area contributed by atoms with E-state index in [1.165, 1.54) is 0 Å². The summed E-state index contributed by atoms with van der Waals surface area (Å²) in [7, 11) is 0. The number of nitriles is 1. The van der Waals surface area contributed by atoms with Gasteiger partial charge in [-0.25, -0.2) is 0 Å². The number of rotatable bonds is 1. The molecule has 0 saturated heterocycles. The molecule has 1 aromatic carbocycles. The summed E-state index contributed by atoms with van der Waals surface area (Å²) in [6.45, 7) is 1.99. The Morgan fingerprint density at radius 3 is 2.75 bits per heavy atom. The Hall–Kier alpha value is -2.34. The molecule has 0 aliphatic heterocycles. The zero-order valence-electron chi connectivity index (χ0n) is 8.94. The minimum absolute atomic E-state index is 0.564. The maximum atomic E-state index is 8.81. The van der Waals surface area contributed by atoms with E-state index in [2.05, 4.69) is 11.1 Å². The molecule has 2 rings (SSSR count). The van der Waals surface area contributed by atoms with Crippen LogP contribution in [0.4, 0.5) is 5.69 Å². The fourth-order valence-electron chi connectivity index (χ4n) is 1.66. The van der Waals surface area contributed by atoms with Crippen molar-refractivity contribution in [2.75, 3.05) is 5.73 Å². The van der Waals surface area contributed by atoms with Gasteiger partial charge < -0.3 is 5.73 Å². The highest BCUT2D eigenvalue weighted by atomic mass is 14.6. The number of pyridine rings is 1. The van der Waals surface area contributed by atoms with Gasteiger partial charge in [0.2, 0.25) is 0 Å². The van der Waals surface area contributed by atoms with Crippen LogP contribution in [0.3, 0.4) is 0 Å². The normalized spacial score (nSPS) is 9.75. The van der Waals surface area contributed by atoms with E-state index in [1.54, 1.807) is 12.4 Å². The molecule has 78 valence electrons. The van der Waals surface area contributed by atoms with Crippen molar-refractivity contribution < 1.29 is 0 Å². The zero-order chi connectivity index (χ0) is 11.5. The average molecular weight is 209 g/mol. The predicted molar refractivity (Wildman–Crippen MR) is 63.5 cm³/mol. The molecule has 3 heteroatoms. The van der Waals surface area contributed by atoms with Gasteiger partial charge in [-0.15, -0.1) is 0 Å². The Balaban J connectivity index is 2.55. The molecule has 0 aliphatic rings. The first kappa shape index (κ1) is 10.2. The summed E-state index contributed by atoms with van der Waals surface area (Å²) in [5.74, 6) is 0. The van der Waals surface area contributed by atoms with Crippen molar-refractivity contribution in [3.05, 3.63) is 47.8 Å². The van der Waals surface area contributed by atoms with Crippen molar-refractivity contribution in [3.8, 4) is 17.2 Å². The second-order valence-corrected chi connectivity index (χ2v) is 3.65. The van der Waals surface area contributed by atoms with Gasteiger partial charge in [0.15, 0.2) is 0 Å². The van der Waals surface area contributed by atoms with Gasteiger partial charge in [0.1, 0.15) is 6.07 Å². The smallest absolute Gasteiger partial charge is 0.101 e. The fraction of sp³-hybridized carbons (Fsp3) is 0.0769. The molecule has 1 aromatic heterocycles. The van der Waals surface area contributed by atoms with Crippen LogP contribution >= 0.6 is 0 Å². The number of nitrogens with two attached hydrogens (primary N) is 1. The van der Waals surface area contributed by atoms with E-state index in [0.29, 0.717) is 5.56 Å². The first-order chi connectivity index (χ1) is 7.70. The molecule has 0 amide bonds. The van der Waals surface area contributed by atoms with E-state index in [0.717, 1.165) is 22.4 Å². The third-order valence-corrected chi connectivity index (χ3v) is 2.43. The highest BCUT2D eigenvalue weighted by Gasteiger charge is 2.03. The Kier molecular flexibility index (Phi) is 2.57. The van der Waals surface area contributed by atoms with E-state index >= 15 is 0 Å². The van der Waals surface area contributed by atoms with Gasteiger partial charge in [-0.3, -0.25) is 4.98 Å². The summed E-state index contributed by atoms with van der Waals surface area (Å²) in [6, 6.07) is 9.61. The molecule has 2 aromatic rings. The number of hydrogen-bond acceptors (Lipinski definition) is 3. The molecule has 0 saturated carbocycles. The molecule has 3 nitrogen and oxygen atoms in total. The lowest BCUT2D eigenvalue weighted by Gasteiger charge is -2.06. The van der Waals surface area contributed by atoms with Crippen LogP contribution in [0.2, 0.25) is 0 Å². The van der Waals surface area contributed by atoms with Crippen molar-refractivity contribution in [1.82, 2.24) is 4.98 Å². The van der Waals surface area contributed by atoms with E-state index in [4.69, 9.17) is 11.0 Å². The Morgan fingerprint density at radius 2 is 2.06 bits per heavy atom. The minimum Gasteiger partial charge on any atom is -0.399 e. The molecule has 16 heavy (non-hydrogen) atoms. The topological polar surface area (TPSA) is 62.7 Å². The zero-order valence-corrected chi connectivity index (χ0v) is 8.94. The Morgan fingerprint density at radius 1 is 1.25 bits per heavy atom. The lowest BCUT2D eigenvalue weighted by atomic mass is 10.0. The van der Waals surface area contributed by atoms with E-state index in [1.807, 2.05) is 31.2 Å². The second-order valence-electron chi connectivity index (χ2n) is 3.65. The number of nitrogens with zero attached hydrogens (tertiary/aromatic N) is 2. The largest absolute Gasteiger partial charge is 0.399 e. The number of aromatic nitrogens is 1. The molecule has 0 fully saturated rings. The molecule has 0 atom stereocenters. The minimum atomic E-state index is 0.564. The van der Waals surface area contributed by atoms with Crippen molar-refractivity contribution in [3.63, 3.8) is 0 Å². The van der Waals surface area contributed by atoms with Gasteiger partial charge in [0.05, 0.1) is 5.56 Å². The maximum Gasteiger partial charge on any atom is 0.101 e. The molecule has 0 aliphatic carbocycles. The van der Waals surface area contributed by atoms with Crippen molar-refractivity contribution in [2.45, 2.75) is 6.92 Å². The van der Waals surface area contributed by atoms with Gasteiger partial charge in [-0.2, -0.15) is 5.26 Å². The monoisotopic (exact) mass is 209 g/mol. The van der Waals surface area contributed by atoms with Crippen LogP contribution < -0.4 is 5.73 Å². The number of aryl methyl sites for hydroxylation is 1. The summed E-state index contributed by atoms with van der Waals surface area (Å²) in [5, 5.41) is 8.81. The lowest BCUT2D eigenvalue weighted by molar-refractivity contribution is 1.29. The highest BCUT2D eigenvalue weighted by Crippen LogP contribution is 2.24. The lowest BCUT2D eigenvalue weighted by Crippen LogP contribution is -1.89. The van der Waals surface area contributed by atoms with Crippen LogP contribution in [0.15, 0.2) is 36.7 Å². The van der Waals surface area contributed by atoms with Crippen LogP contribution in [-0.2, 0) is 0 Å². The van der Waals surface area contributed by atoms with E-state index in [-0.39, 0.29) is 0 Å². The molecule has 0 bridgehead atoms. The van der Waals surface area contributed by atoms with Crippen LogP contribution in [0.25, 0.3) is 11.1 Å².